The van der Waals surface area contributed by atoms with Crippen LogP contribution in [0.5, 0.6) is 0 Å². The first kappa shape index (κ1) is 10.2. The molecular formula is C11H16BrNO. The fraction of sp³-hybridized carbons (Fsp3) is 0.636. The number of furan rings is 1. The first-order chi connectivity index (χ1) is 6.68. The molecule has 2 nitrogen and oxygen atoms in total. The summed E-state index contributed by atoms with van der Waals surface area (Å²) in [6.45, 7) is 2.30. The van der Waals surface area contributed by atoms with Crippen molar-refractivity contribution in [1.82, 2.24) is 0 Å². The molecule has 0 amide bonds. The normalized spacial score (nSPS) is 29.4. The van der Waals surface area contributed by atoms with E-state index in [0.29, 0.717) is 5.92 Å². The quantitative estimate of drug-likeness (QED) is 0.882. The average Bonchev–Trinajstić information content (AvgIpc) is 2.73. The van der Waals surface area contributed by atoms with Gasteiger partial charge in [0.05, 0.1) is 16.8 Å². The zero-order valence-electron chi connectivity index (χ0n) is 8.37. The van der Waals surface area contributed by atoms with Crippen molar-refractivity contribution in [2.45, 2.75) is 32.2 Å². The van der Waals surface area contributed by atoms with Crippen molar-refractivity contribution >= 4 is 15.9 Å². The maximum Gasteiger partial charge on any atom is 0.134 e. The first-order valence-electron chi connectivity index (χ1n) is 5.17. The van der Waals surface area contributed by atoms with Crippen molar-refractivity contribution in [2.24, 2.45) is 17.6 Å². The molecule has 0 spiro atoms. The van der Waals surface area contributed by atoms with Crippen LogP contribution in [0.1, 0.15) is 38.0 Å². The number of nitrogens with two attached hydrogens (primary N) is 1. The molecule has 0 aromatic carbocycles. The van der Waals surface area contributed by atoms with Gasteiger partial charge in [0.25, 0.3) is 0 Å². The van der Waals surface area contributed by atoms with Crippen molar-refractivity contribution in [1.29, 1.82) is 0 Å². The van der Waals surface area contributed by atoms with Gasteiger partial charge in [-0.3, -0.25) is 0 Å². The third-order valence-corrected chi connectivity index (χ3v) is 3.85. The molecule has 1 heterocycles. The lowest BCUT2D eigenvalue weighted by molar-refractivity contribution is 0.360. The minimum absolute atomic E-state index is 0.0596. The van der Waals surface area contributed by atoms with Crippen LogP contribution in [0.25, 0.3) is 0 Å². The Morgan fingerprint density at radius 1 is 1.57 bits per heavy atom. The second-order valence-electron chi connectivity index (χ2n) is 4.34. The molecule has 3 atom stereocenters. The summed E-state index contributed by atoms with van der Waals surface area (Å²) in [6, 6.07) is 1.97. The molecule has 1 aliphatic carbocycles. The Balaban J connectivity index is 2.09. The molecule has 0 radical (unpaired) electrons. The van der Waals surface area contributed by atoms with E-state index in [1.165, 1.54) is 19.3 Å². The number of hydrogen-bond acceptors (Lipinski definition) is 2. The van der Waals surface area contributed by atoms with Crippen LogP contribution in [-0.2, 0) is 0 Å². The zero-order chi connectivity index (χ0) is 10.1. The molecule has 3 heteroatoms. The molecule has 0 aliphatic heterocycles. The molecule has 1 saturated carbocycles. The third-order valence-electron chi connectivity index (χ3n) is 3.19. The van der Waals surface area contributed by atoms with Crippen LogP contribution in [0.2, 0.25) is 0 Å². The molecule has 0 bridgehead atoms. The van der Waals surface area contributed by atoms with Gasteiger partial charge in [-0.05, 0) is 46.7 Å². The van der Waals surface area contributed by atoms with E-state index in [-0.39, 0.29) is 6.04 Å². The van der Waals surface area contributed by atoms with Crippen molar-refractivity contribution in [2.75, 3.05) is 0 Å². The van der Waals surface area contributed by atoms with Gasteiger partial charge in [-0.2, -0.15) is 0 Å². The molecule has 2 rings (SSSR count). The molecule has 1 fully saturated rings. The van der Waals surface area contributed by atoms with Gasteiger partial charge >= 0.3 is 0 Å². The van der Waals surface area contributed by atoms with Crippen molar-refractivity contribution < 1.29 is 4.42 Å². The highest BCUT2D eigenvalue weighted by Gasteiger charge is 2.29. The molecular weight excluding hydrogens is 242 g/mol. The van der Waals surface area contributed by atoms with E-state index in [2.05, 4.69) is 22.9 Å². The summed E-state index contributed by atoms with van der Waals surface area (Å²) in [5.74, 6) is 2.32. The lowest BCUT2D eigenvalue weighted by Crippen LogP contribution is -2.19. The predicted octanol–water partition coefficient (Wildman–Crippen LogP) is 3.48. The highest BCUT2D eigenvalue weighted by Crippen LogP contribution is 2.39. The summed E-state index contributed by atoms with van der Waals surface area (Å²) < 4.78 is 6.41. The van der Waals surface area contributed by atoms with Gasteiger partial charge in [0.1, 0.15) is 5.76 Å². The summed E-state index contributed by atoms with van der Waals surface area (Å²) in [5, 5.41) is 0. The van der Waals surface area contributed by atoms with Crippen molar-refractivity contribution in [3.63, 3.8) is 0 Å². The smallest absolute Gasteiger partial charge is 0.134 e. The maximum absolute atomic E-state index is 6.18. The second-order valence-corrected chi connectivity index (χ2v) is 5.19. The van der Waals surface area contributed by atoms with Gasteiger partial charge in [0, 0.05) is 0 Å². The largest absolute Gasteiger partial charge is 0.466 e. The van der Waals surface area contributed by atoms with E-state index in [1.54, 1.807) is 6.26 Å². The first-order valence-corrected chi connectivity index (χ1v) is 5.96. The topological polar surface area (TPSA) is 39.2 Å². The standard InChI is InChI=1S/C11H16BrNO/c1-7-2-3-8(6-7)10(13)11-9(12)4-5-14-11/h4-5,7-8,10H,2-3,6,13H2,1H3. The maximum atomic E-state index is 6.18. The predicted molar refractivity (Wildman–Crippen MR) is 59.8 cm³/mol. The van der Waals surface area contributed by atoms with E-state index in [1.807, 2.05) is 6.07 Å². The molecule has 14 heavy (non-hydrogen) atoms. The lowest BCUT2D eigenvalue weighted by Gasteiger charge is -2.17. The van der Waals surface area contributed by atoms with Crippen molar-refractivity contribution in [3.8, 4) is 0 Å². The van der Waals surface area contributed by atoms with Gasteiger partial charge < -0.3 is 10.2 Å². The average molecular weight is 258 g/mol. The molecule has 1 aliphatic rings. The lowest BCUT2D eigenvalue weighted by atomic mass is 9.96. The summed E-state index contributed by atoms with van der Waals surface area (Å²) in [6.07, 6.45) is 5.46. The summed E-state index contributed by atoms with van der Waals surface area (Å²) >= 11 is 3.46. The fourth-order valence-electron chi connectivity index (χ4n) is 2.33. The Bertz CT molecular complexity index is 310. The van der Waals surface area contributed by atoms with Crippen LogP contribution in [0.3, 0.4) is 0 Å². The monoisotopic (exact) mass is 257 g/mol. The van der Waals surface area contributed by atoms with Gasteiger partial charge in [0.15, 0.2) is 0 Å². The van der Waals surface area contributed by atoms with E-state index in [0.717, 1.165) is 16.2 Å². The number of hydrogen-bond donors (Lipinski definition) is 1. The van der Waals surface area contributed by atoms with Gasteiger partial charge in [-0.25, -0.2) is 0 Å². The Labute approximate surface area is 93.0 Å². The van der Waals surface area contributed by atoms with Crippen LogP contribution in [0, 0.1) is 11.8 Å². The zero-order valence-corrected chi connectivity index (χ0v) is 9.96. The Morgan fingerprint density at radius 2 is 2.36 bits per heavy atom. The van der Waals surface area contributed by atoms with E-state index in [9.17, 15) is 0 Å². The molecule has 2 N–H and O–H groups in total. The highest BCUT2D eigenvalue weighted by atomic mass is 79.9. The third kappa shape index (κ3) is 1.89. The summed E-state index contributed by atoms with van der Waals surface area (Å²) in [7, 11) is 0. The fourth-order valence-corrected chi connectivity index (χ4v) is 2.80. The molecule has 78 valence electrons. The molecule has 1 aromatic rings. The molecule has 0 saturated heterocycles. The highest BCUT2D eigenvalue weighted by molar-refractivity contribution is 9.10. The summed E-state index contributed by atoms with van der Waals surface area (Å²) in [5.41, 5.74) is 6.18. The Kier molecular flexibility index (Phi) is 2.98. The van der Waals surface area contributed by atoms with Crippen LogP contribution < -0.4 is 5.73 Å². The van der Waals surface area contributed by atoms with Gasteiger partial charge in [0.2, 0.25) is 0 Å². The van der Waals surface area contributed by atoms with Crippen LogP contribution in [0.15, 0.2) is 21.2 Å². The van der Waals surface area contributed by atoms with E-state index in [4.69, 9.17) is 10.2 Å². The van der Waals surface area contributed by atoms with Crippen LogP contribution >= 0.6 is 15.9 Å². The Morgan fingerprint density at radius 3 is 2.86 bits per heavy atom. The Hall–Kier alpha value is -0.280. The van der Waals surface area contributed by atoms with Crippen molar-refractivity contribution in [3.05, 3.63) is 22.6 Å². The van der Waals surface area contributed by atoms with Crippen LogP contribution in [0.4, 0.5) is 0 Å². The minimum atomic E-state index is 0.0596. The number of halogens is 1. The van der Waals surface area contributed by atoms with E-state index < -0.39 is 0 Å². The number of rotatable bonds is 2. The van der Waals surface area contributed by atoms with E-state index >= 15 is 0 Å². The van der Waals surface area contributed by atoms with Crippen LogP contribution in [-0.4, -0.2) is 0 Å². The van der Waals surface area contributed by atoms with Gasteiger partial charge in [-0.1, -0.05) is 13.3 Å². The SMILES string of the molecule is CC1CCC(C(N)c2occc2Br)C1. The molecule has 3 unspecified atom stereocenters. The second kappa shape index (κ2) is 4.07. The minimum Gasteiger partial charge on any atom is -0.466 e. The summed E-state index contributed by atoms with van der Waals surface area (Å²) in [4.78, 5) is 0. The van der Waals surface area contributed by atoms with Gasteiger partial charge in [-0.15, -0.1) is 0 Å². The molecule has 1 aromatic heterocycles.